The van der Waals surface area contributed by atoms with Crippen LogP contribution in [0.3, 0.4) is 0 Å². The van der Waals surface area contributed by atoms with Crippen molar-refractivity contribution >= 4 is 0 Å². The standard InChI is InChI=1S/C10H15N3O/c1-10(4-5-10)9-12-8(14-13-9)6-11-7-2-3-7/h7,11H,2-6H2,1H3. The van der Waals surface area contributed by atoms with Gasteiger partial charge in [0, 0.05) is 11.5 Å². The SMILES string of the molecule is CC1(c2noc(CNC3CC3)n2)CC1. The molecule has 14 heavy (non-hydrogen) atoms. The average molecular weight is 193 g/mol. The van der Waals surface area contributed by atoms with Gasteiger partial charge in [0.05, 0.1) is 6.54 Å². The molecule has 2 aliphatic rings. The van der Waals surface area contributed by atoms with Gasteiger partial charge in [-0.25, -0.2) is 0 Å². The predicted octanol–water partition coefficient (Wildman–Crippen LogP) is 1.37. The monoisotopic (exact) mass is 193 g/mol. The molecule has 0 amide bonds. The second-order valence-corrected chi connectivity index (χ2v) is 4.73. The molecule has 3 rings (SSSR count). The maximum absolute atomic E-state index is 5.19. The van der Waals surface area contributed by atoms with Crippen LogP contribution in [0.15, 0.2) is 4.52 Å². The van der Waals surface area contributed by atoms with Crippen molar-refractivity contribution in [1.82, 2.24) is 15.5 Å². The topological polar surface area (TPSA) is 51.0 Å². The molecule has 2 aliphatic carbocycles. The summed E-state index contributed by atoms with van der Waals surface area (Å²) in [6.07, 6.45) is 4.97. The molecule has 0 bridgehead atoms. The smallest absolute Gasteiger partial charge is 0.240 e. The molecule has 0 atom stereocenters. The second-order valence-electron chi connectivity index (χ2n) is 4.73. The Morgan fingerprint density at radius 1 is 1.50 bits per heavy atom. The summed E-state index contributed by atoms with van der Waals surface area (Å²) in [7, 11) is 0. The van der Waals surface area contributed by atoms with Crippen molar-refractivity contribution in [3.63, 3.8) is 0 Å². The molecule has 0 aromatic carbocycles. The van der Waals surface area contributed by atoms with E-state index in [4.69, 9.17) is 4.52 Å². The quantitative estimate of drug-likeness (QED) is 0.784. The van der Waals surface area contributed by atoms with Gasteiger partial charge < -0.3 is 9.84 Å². The molecule has 0 saturated heterocycles. The minimum absolute atomic E-state index is 0.224. The van der Waals surface area contributed by atoms with Gasteiger partial charge in [-0.1, -0.05) is 12.1 Å². The summed E-state index contributed by atoms with van der Waals surface area (Å²) < 4.78 is 5.19. The summed E-state index contributed by atoms with van der Waals surface area (Å²) in [5, 5.41) is 7.38. The van der Waals surface area contributed by atoms with E-state index in [1.165, 1.54) is 25.7 Å². The molecule has 4 nitrogen and oxygen atoms in total. The molecule has 1 heterocycles. The van der Waals surface area contributed by atoms with Crippen molar-refractivity contribution in [2.75, 3.05) is 0 Å². The maximum Gasteiger partial charge on any atom is 0.240 e. The number of aromatic nitrogens is 2. The fraction of sp³-hybridized carbons (Fsp3) is 0.800. The van der Waals surface area contributed by atoms with Crippen LogP contribution in [0.2, 0.25) is 0 Å². The third-order valence-electron chi connectivity index (χ3n) is 3.13. The van der Waals surface area contributed by atoms with E-state index in [1.54, 1.807) is 0 Å². The minimum atomic E-state index is 0.224. The van der Waals surface area contributed by atoms with E-state index in [2.05, 4.69) is 22.4 Å². The van der Waals surface area contributed by atoms with E-state index in [-0.39, 0.29) is 5.41 Å². The number of nitrogens with zero attached hydrogens (tertiary/aromatic N) is 2. The van der Waals surface area contributed by atoms with Crippen LogP contribution in [-0.2, 0) is 12.0 Å². The summed E-state index contributed by atoms with van der Waals surface area (Å²) in [4.78, 5) is 4.40. The number of nitrogens with one attached hydrogen (secondary N) is 1. The normalized spacial score (nSPS) is 23.8. The first kappa shape index (κ1) is 8.41. The highest BCUT2D eigenvalue weighted by atomic mass is 16.5. The van der Waals surface area contributed by atoms with Gasteiger partial charge in [0.1, 0.15) is 0 Å². The van der Waals surface area contributed by atoms with Crippen LogP contribution in [0, 0.1) is 0 Å². The van der Waals surface area contributed by atoms with Crippen molar-refractivity contribution in [3.8, 4) is 0 Å². The average Bonchev–Trinajstić information content (AvgIpc) is 3.08. The van der Waals surface area contributed by atoms with Crippen LogP contribution < -0.4 is 5.32 Å². The Kier molecular flexibility index (Phi) is 1.68. The molecule has 1 N–H and O–H groups in total. The minimum Gasteiger partial charge on any atom is -0.338 e. The van der Waals surface area contributed by atoms with Gasteiger partial charge in [-0.05, 0) is 25.7 Å². The summed E-state index contributed by atoms with van der Waals surface area (Å²) >= 11 is 0. The Hall–Kier alpha value is -0.900. The van der Waals surface area contributed by atoms with Crippen LogP contribution in [-0.4, -0.2) is 16.2 Å². The molecular weight excluding hydrogens is 178 g/mol. The number of hydrogen-bond donors (Lipinski definition) is 1. The van der Waals surface area contributed by atoms with Crippen molar-refractivity contribution < 1.29 is 4.52 Å². The second kappa shape index (κ2) is 2.79. The Balaban J connectivity index is 1.64. The fourth-order valence-electron chi connectivity index (χ4n) is 1.50. The third-order valence-corrected chi connectivity index (χ3v) is 3.13. The van der Waals surface area contributed by atoms with Crippen LogP contribution in [0.4, 0.5) is 0 Å². The zero-order valence-corrected chi connectivity index (χ0v) is 8.42. The Morgan fingerprint density at radius 3 is 2.93 bits per heavy atom. The maximum atomic E-state index is 5.19. The molecule has 0 spiro atoms. The zero-order chi connectivity index (χ0) is 9.60. The van der Waals surface area contributed by atoms with Gasteiger partial charge in [-0.3, -0.25) is 0 Å². The molecule has 2 saturated carbocycles. The lowest BCUT2D eigenvalue weighted by Gasteiger charge is -1.97. The summed E-state index contributed by atoms with van der Waals surface area (Å²) in [6.45, 7) is 2.92. The molecule has 0 radical (unpaired) electrons. The van der Waals surface area contributed by atoms with Crippen LogP contribution in [0.5, 0.6) is 0 Å². The van der Waals surface area contributed by atoms with Crippen molar-refractivity contribution in [1.29, 1.82) is 0 Å². The summed E-state index contributed by atoms with van der Waals surface area (Å²) in [5.74, 6) is 1.63. The lowest BCUT2D eigenvalue weighted by atomic mass is 10.1. The van der Waals surface area contributed by atoms with Gasteiger partial charge >= 0.3 is 0 Å². The van der Waals surface area contributed by atoms with E-state index in [9.17, 15) is 0 Å². The summed E-state index contributed by atoms with van der Waals surface area (Å²) in [5.41, 5.74) is 0.224. The molecule has 0 aliphatic heterocycles. The van der Waals surface area contributed by atoms with E-state index >= 15 is 0 Å². The lowest BCUT2D eigenvalue weighted by molar-refractivity contribution is 0.359. The highest BCUT2D eigenvalue weighted by Crippen LogP contribution is 2.45. The summed E-state index contributed by atoms with van der Waals surface area (Å²) in [6, 6.07) is 0.696. The van der Waals surface area contributed by atoms with Crippen LogP contribution in [0.1, 0.15) is 44.3 Å². The molecule has 0 unspecified atom stereocenters. The van der Waals surface area contributed by atoms with E-state index in [1.807, 2.05) is 0 Å². The highest BCUT2D eigenvalue weighted by Gasteiger charge is 2.43. The van der Waals surface area contributed by atoms with Crippen molar-refractivity contribution in [2.45, 2.75) is 50.6 Å². The molecule has 4 heteroatoms. The van der Waals surface area contributed by atoms with Crippen molar-refractivity contribution in [3.05, 3.63) is 11.7 Å². The van der Waals surface area contributed by atoms with Gasteiger partial charge in [0.25, 0.3) is 0 Å². The first-order valence-corrected chi connectivity index (χ1v) is 5.33. The first-order valence-electron chi connectivity index (χ1n) is 5.33. The predicted molar refractivity (Wildman–Crippen MR) is 50.7 cm³/mol. The van der Waals surface area contributed by atoms with Gasteiger partial charge in [0.2, 0.25) is 5.89 Å². The Bertz CT molecular complexity index is 339. The molecule has 1 aromatic heterocycles. The highest BCUT2D eigenvalue weighted by molar-refractivity contribution is 5.14. The van der Waals surface area contributed by atoms with E-state index in [0.29, 0.717) is 6.04 Å². The molecular formula is C10H15N3O. The lowest BCUT2D eigenvalue weighted by Crippen LogP contribution is -2.15. The van der Waals surface area contributed by atoms with Crippen molar-refractivity contribution in [2.24, 2.45) is 0 Å². The van der Waals surface area contributed by atoms with Gasteiger partial charge in [-0.2, -0.15) is 4.98 Å². The van der Waals surface area contributed by atoms with E-state index in [0.717, 1.165) is 18.3 Å². The molecule has 1 aromatic rings. The number of hydrogen-bond acceptors (Lipinski definition) is 4. The molecule has 2 fully saturated rings. The van der Waals surface area contributed by atoms with E-state index < -0.39 is 0 Å². The molecule has 76 valence electrons. The number of rotatable bonds is 4. The van der Waals surface area contributed by atoms with Crippen LogP contribution >= 0.6 is 0 Å². The van der Waals surface area contributed by atoms with Gasteiger partial charge in [-0.15, -0.1) is 0 Å². The Labute approximate surface area is 83.1 Å². The zero-order valence-electron chi connectivity index (χ0n) is 8.42. The Morgan fingerprint density at radius 2 is 2.29 bits per heavy atom. The van der Waals surface area contributed by atoms with Crippen LogP contribution in [0.25, 0.3) is 0 Å². The third kappa shape index (κ3) is 1.54. The van der Waals surface area contributed by atoms with Gasteiger partial charge in [0.15, 0.2) is 5.82 Å². The largest absolute Gasteiger partial charge is 0.338 e. The fourth-order valence-corrected chi connectivity index (χ4v) is 1.50. The first-order chi connectivity index (χ1) is 6.76.